The SMILES string of the molecule is C=CCc1cc(/C=C(/C#N)C(=O)Nc2cccc(C)c2)cc(OC)c1OCc1ccc(Br)cc1. The molecule has 0 aromatic heterocycles. The Balaban J connectivity index is 1.89. The molecule has 3 aromatic rings. The Morgan fingerprint density at radius 3 is 2.59 bits per heavy atom. The van der Waals surface area contributed by atoms with E-state index in [0.717, 1.165) is 21.2 Å². The van der Waals surface area contributed by atoms with Gasteiger partial charge in [0, 0.05) is 15.7 Å². The molecule has 0 unspecified atom stereocenters. The number of carbonyl (C=O) groups excluding carboxylic acids is 1. The predicted molar refractivity (Wildman–Crippen MR) is 139 cm³/mol. The first-order valence-corrected chi connectivity index (χ1v) is 11.4. The average molecular weight is 517 g/mol. The van der Waals surface area contributed by atoms with E-state index in [-0.39, 0.29) is 5.57 Å². The van der Waals surface area contributed by atoms with Gasteiger partial charge in [-0.15, -0.1) is 6.58 Å². The van der Waals surface area contributed by atoms with E-state index in [9.17, 15) is 10.1 Å². The van der Waals surface area contributed by atoms with Crippen LogP contribution < -0.4 is 14.8 Å². The Bertz CT molecular complexity index is 1260. The lowest BCUT2D eigenvalue weighted by atomic mass is 10.0. The number of amides is 1. The molecule has 0 radical (unpaired) electrons. The Morgan fingerprint density at radius 1 is 1.18 bits per heavy atom. The van der Waals surface area contributed by atoms with E-state index in [1.54, 1.807) is 31.4 Å². The zero-order valence-electron chi connectivity index (χ0n) is 19.1. The van der Waals surface area contributed by atoms with E-state index >= 15 is 0 Å². The van der Waals surface area contributed by atoms with Crippen LogP contribution >= 0.6 is 15.9 Å². The summed E-state index contributed by atoms with van der Waals surface area (Å²) in [7, 11) is 1.56. The number of hydrogen-bond acceptors (Lipinski definition) is 4. The minimum Gasteiger partial charge on any atom is -0.493 e. The molecule has 0 fully saturated rings. The third-order valence-electron chi connectivity index (χ3n) is 4.99. The third-order valence-corrected chi connectivity index (χ3v) is 5.52. The van der Waals surface area contributed by atoms with Gasteiger partial charge in [0.2, 0.25) is 0 Å². The third kappa shape index (κ3) is 6.60. The molecule has 0 heterocycles. The maximum absolute atomic E-state index is 12.7. The van der Waals surface area contributed by atoms with Gasteiger partial charge in [0.15, 0.2) is 11.5 Å². The highest BCUT2D eigenvalue weighted by atomic mass is 79.9. The van der Waals surface area contributed by atoms with Crippen LogP contribution in [0.4, 0.5) is 5.69 Å². The highest BCUT2D eigenvalue weighted by Gasteiger charge is 2.15. The number of hydrogen-bond donors (Lipinski definition) is 1. The first-order valence-electron chi connectivity index (χ1n) is 10.6. The molecule has 1 amide bonds. The number of ether oxygens (including phenoxy) is 2. The molecule has 0 saturated carbocycles. The molecule has 34 heavy (non-hydrogen) atoms. The standard InChI is InChI=1S/C28H25BrN2O3/c1-4-6-22-14-21(15-23(17-30)28(32)31-25-8-5-7-19(2)13-25)16-26(33-3)27(22)34-18-20-9-11-24(29)12-10-20/h4-5,7-16H,1,6,18H2,2-3H3,(H,31,32)/b23-15-. The maximum Gasteiger partial charge on any atom is 0.266 e. The summed E-state index contributed by atoms with van der Waals surface area (Å²) in [4.78, 5) is 12.7. The van der Waals surface area contributed by atoms with Crippen molar-refractivity contribution in [1.29, 1.82) is 5.26 Å². The number of aryl methyl sites for hydroxylation is 1. The first-order chi connectivity index (χ1) is 16.4. The van der Waals surface area contributed by atoms with Gasteiger partial charge in [-0.25, -0.2) is 0 Å². The lowest BCUT2D eigenvalue weighted by Gasteiger charge is -2.16. The summed E-state index contributed by atoms with van der Waals surface area (Å²) >= 11 is 3.43. The van der Waals surface area contributed by atoms with Crippen LogP contribution in [-0.4, -0.2) is 13.0 Å². The number of nitrogens with zero attached hydrogens (tertiary/aromatic N) is 1. The normalized spacial score (nSPS) is 10.8. The largest absolute Gasteiger partial charge is 0.493 e. The fourth-order valence-corrected chi connectivity index (χ4v) is 3.63. The molecular weight excluding hydrogens is 492 g/mol. The average Bonchev–Trinajstić information content (AvgIpc) is 2.82. The molecule has 0 aliphatic heterocycles. The topological polar surface area (TPSA) is 71.4 Å². The van der Waals surface area contributed by atoms with Crippen LogP contribution in [0, 0.1) is 18.3 Å². The number of allylic oxidation sites excluding steroid dienone is 1. The van der Waals surface area contributed by atoms with Crippen LogP contribution in [0.3, 0.4) is 0 Å². The summed E-state index contributed by atoms with van der Waals surface area (Å²) in [6, 6.07) is 20.9. The molecule has 0 aliphatic rings. The molecule has 0 atom stereocenters. The highest BCUT2D eigenvalue weighted by Crippen LogP contribution is 2.35. The van der Waals surface area contributed by atoms with Gasteiger partial charge in [0.25, 0.3) is 5.91 Å². The van der Waals surface area contributed by atoms with Gasteiger partial charge >= 0.3 is 0 Å². The van der Waals surface area contributed by atoms with Crippen molar-refractivity contribution in [3.8, 4) is 17.6 Å². The van der Waals surface area contributed by atoms with Gasteiger partial charge < -0.3 is 14.8 Å². The van der Waals surface area contributed by atoms with Gasteiger partial charge in [-0.2, -0.15) is 5.26 Å². The second-order valence-electron chi connectivity index (χ2n) is 7.61. The van der Waals surface area contributed by atoms with E-state index in [4.69, 9.17) is 9.47 Å². The van der Waals surface area contributed by atoms with Crippen molar-refractivity contribution >= 4 is 33.6 Å². The molecule has 0 saturated heterocycles. The van der Waals surface area contributed by atoms with Crippen molar-refractivity contribution in [2.24, 2.45) is 0 Å². The summed E-state index contributed by atoms with van der Waals surface area (Å²) in [6.07, 6.45) is 3.84. The molecular formula is C28H25BrN2O3. The van der Waals surface area contributed by atoms with Crippen molar-refractivity contribution in [3.63, 3.8) is 0 Å². The second-order valence-corrected chi connectivity index (χ2v) is 8.53. The van der Waals surface area contributed by atoms with E-state index < -0.39 is 5.91 Å². The van der Waals surface area contributed by atoms with Crippen molar-refractivity contribution in [2.75, 3.05) is 12.4 Å². The van der Waals surface area contributed by atoms with Crippen molar-refractivity contribution < 1.29 is 14.3 Å². The highest BCUT2D eigenvalue weighted by molar-refractivity contribution is 9.10. The quantitative estimate of drug-likeness (QED) is 0.197. The number of halogens is 1. The maximum atomic E-state index is 12.7. The second kappa shape index (κ2) is 11.9. The fraction of sp³-hybridized carbons (Fsp3) is 0.143. The van der Waals surface area contributed by atoms with Gasteiger partial charge in [-0.1, -0.05) is 46.3 Å². The zero-order chi connectivity index (χ0) is 24.5. The van der Waals surface area contributed by atoms with E-state index in [2.05, 4.69) is 27.8 Å². The summed E-state index contributed by atoms with van der Waals surface area (Å²) in [5.74, 6) is 0.636. The molecule has 0 spiro atoms. The molecule has 6 heteroatoms. The van der Waals surface area contributed by atoms with Crippen LogP contribution in [0.1, 0.15) is 22.3 Å². The molecule has 3 rings (SSSR count). The van der Waals surface area contributed by atoms with Gasteiger partial charge in [-0.3, -0.25) is 4.79 Å². The number of benzene rings is 3. The number of nitriles is 1. The lowest BCUT2D eigenvalue weighted by molar-refractivity contribution is -0.112. The van der Waals surface area contributed by atoms with Gasteiger partial charge in [-0.05, 0) is 72.5 Å². The number of methoxy groups -OCH3 is 1. The number of carbonyl (C=O) groups is 1. The fourth-order valence-electron chi connectivity index (χ4n) is 3.36. The van der Waals surface area contributed by atoms with Crippen molar-refractivity contribution in [1.82, 2.24) is 0 Å². The molecule has 1 N–H and O–H groups in total. The van der Waals surface area contributed by atoms with E-state index in [1.807, 2.05) is 61.5 Å². The Kier molecular flexibility index (Phi) is 8.66. The molecule has 5 nitrogen and oxygen atoms in total. The molecule has 172 valence electrons. The minimum absolute atomic E-state index is 0.0170. The van der Waals surface area contributed by atoms with Crippen LogP contribution in [0.15, 0.2) is 83.4 Å². The van der Waals surface area contributed by atoms with E-state index in [0.29, 0.717) is 35.8 Å². The zero-order valence-corrected chi connectivity index (χ0v) is 20.7. The van der Waals surface area contributed by atoms with Crippen molar-refractivity contribution in [2.45, 2.75) is 20.0 Å². The summed E-state index contributed by atoms with van der Waals surface area (Å²) in [5.41, 5.74) is 4.13. The Morgan fingerprint density at radius 2 is 1.94 bits per heavy atom. The number of nitrogens with one attached hydrogen (secondary N) is 1. The van der Waals surface area contributed by atoms with Crippen LogP contribution in [0.25, 0.3) is 6.08 Å². The first kappa shape index (κ1) is 24.8. The summed E-state index contributed by atoms with van der Waals surface area (Å²) < 4.78 is 12.7. The summed E-state index contributed by atoms with van der Waals surface area (Å²) in [5, 5.41) is 12.4. The van der Waals surface area contributed by atoms with Crippen LogP contribution in [0.5, 0.6) is 11.5 Å². The predicted octanol–water partition coefficient (Wildman–Crippen LogP) is 6.62. The van der Waals surface area contributed by atoms with E-state index in [1.165, 1.54) is 0 Å². The van der Waals surface area contributed by atoms with Crippen LogP contribution in [-0.2, 0) is 17.8 Å². The molecule has 0 aliphatic carbocycles. The number of rotatable bonds is 9. The van der Waals surface area contributed by atoms with Gasteiger partial charge in [0.05, 0.1) is 7.11 Å². The van der Waals surface area contributed by atoms with Crippen molar-refractivity contribution in [3.05, 3.63) is 106 Å². The smallest absolute Gasteiger partial charge is 0.266 e. The monoisotopic (exact) mass is 516 g/mol. The summed E-state index contributed by atoms with van der Waals surface area (Å²) in [6.45, 7) is 6.14. The Labute approximate surface area is 208 Å². The van der Waals surface area contributed by atoms with Crippen LogP contribution in [0.2, 0.25) is 0 Å². The minimum atomic E-state index is -0.479. The molecule has 3 aromatic carbocycles. The van der Waals surface area contributed by atoms with Gasteiger partial charge in [0.1, 0.15) is 18.2 Å². The molecule has 0 bridgehead atoms. The Hall–Kier alpha value is -3.82. The lowest BCUT2D eigenvalue weighted by Crippen LogP contribution is -2.13. The number of anilines is 1.